The van der Waals surface area contributed by atoms with Gasteiger partial charge in [-0.05, 0) is 51.0 Å². The van der Waals surface area contributed by atoms with Crippen LogP contribution in [0.4, 0.5) is 5.69 Å². The van der Waals surface area contributed by atoms with Gasteiger partial charge in [0.2, 0.25) is 0 Å². The Hall–Kier alpha value is -1.13. The molecule has 0 aliphatic carbocycles. The van der Waals surface area contributed by atoms with E-state index >= 15 is 0 Å². The van der Waals surface area contributed by atoms with E-state index in [-0.39, 0.29) is 0 Å². The number of nitrogens with zero attached hydrogens (tertiary/aromatic N) is 1. The Kier molecular flexibility index (Phi) is 5.16. The first kappa shape index (κ1) is 14.3. The lowest BCUT2D eigenvalue weighted by Crippen LogP contribution is -2.46. The maximum absolute atomic E-state index is 5.61. The highest BCUT2D eigenvalue weighted by molar-refractivity contribution is 7.80. The van der Waals surface area contributed by atoms with Gasteiger partial charge in [-0.25, -0.2) is 0 Å². The number of ether oxygens (including phenoxy) is 1. The Balaban J connectivity index is 1.96. The zero-order valence-electron chi connectivity index (χ0n) is 11.6. The number of hydrogen-bond donors (Lipinski definition) is 1. The highest BCUT2D eigenvalue weighted by Crippen LogP contribution is 2.17. The van der Waals surface area contributed by atoms with Gasteiger partial charge in [-0.1, -0.05) is 18.2 Å². The number of benzene rings is 1. The van der Waals surface area contributed by atoms with Crippen molar-refractivity contribution >= 4 is 23.0 Å². The second kappa shape index (κ2) is 6.87. The molecule has 0 radical (unpaired) electrons. The molecule has 3 nitrogen and oxygen atoms in total. The third-order valence-corrected chi connectivity index (χ3v) is 3.62. The topological polar surface area (TPSA) is 24.5 Å². The van der Waals surface area contributed by atoms with Gasteiger partial charge in [0.1, 0.15) is 0 Å². The lowest BCUT2D eigenvalue weighted by atomic mass is 10.2. The first-order valence-corrected chi connectivity index (χ1v) is 7.33. The van der Waals surface area contributed by atoms with Crippen molar-refractivity contribution in [1.82, 2.24) is 5.32 Å². The maximum atomic E-state index is 5.61. The Labute approximate surface area is 120 Å². The van der Waals surface area contributed by atoms with Gasteiger partial charge >= 0.3 is 0 Å². The van der Waals surface area contributed by atoms with Crippen molar-refractivity contribution < 1.29 is 4.74 Å². The number of para-hydroxylation sites is 1. The third-order valence-electron chi connectivity index (χ3n) is 3.27. The van der Waals surface area contributed by atoms with Crippen molar-refractivity contribution in [2.75, 3.05) is 18.1 Å². The number of nitrogens with one attached hydrogen (secondary N) is 1. The van der Waals surface area contributed by atoms with Crippen LogP contribution in [0.2, 0.25) is 0 Å². The fourth-order valence-electron chi connectivity index (χ4n) is 2.33. The van der Waals surface area contributed by atoms with Crippen molar-refractivity contribution in [3.05, 3.63) is 30.3 Å². The van der Waals surface area contributed by atoms with Crippen molar-refractivity contribution in [3.63, 3.8) is 0 Å². The summed E-state index contributed by atoms with van der Waals surface area (Å²) in [5, 5.41) is 4.11. The Morgan fingerprint density at radius 2 is 2.16 bits per heavy atom. The van der Waals surface area contributed by atoms with Crippen LogP contribution in [0.15, 0.2) is 30.3 Å². The number of hydrogen-bond acceptors (Lipinski definition) is 2. The lowest BCUT2D eigenvalue weighted by Gasteiger charge is -2.30. The Morgan fingerprint density at radius 3 is 2.74 bits per heavy atom. The predicted molar refractivity (Wildman–Crippen MR) is 83.6 cm³/mol. The summed E-state index contributed by atoms with van der Waals surface area (Å²) in [5.41, 5.74) is 1.13. The number of thiocarbonyl (C=S) groups is 1. The van der Waals surface area contributed by atoms with Gasteiger partial charge in [0.15, 0.2) is 5.11 Å². The summed E-state index contributed by atoms with van der Waals surface area (Å²) in [7, 11) is 0. The average molecular weight is 278 g/mol. The zero-order valence-corrected chi connectivity index (χ0v) is 12.5. The van der Waals surface area contributed by atoms with Crippen LogP contribution in [0.5, 0.6) is 0 Å². The van der Waals surface area contributed by atoms with Gasteiger partial charge < -0.3 is 15.0 Å². The van der Waals surface area contributed by atoms with Gasteiger partial charge in [-0.3, -0.25) is 0 Å². The summed E-state index contributed by atoms with van der Waals surface area (Å²) < 4.78 is 5.61. The summed E-state index contributed by atoms with van der Waals surface area (Å²) in [6, 6.07) is 10.6. The molecule has 1 aromatic rings. The summed E-state index contributed by atoms with van der Waals surface area (Å²) in [6.07, 6.45) is 2.59. The minimum atomic E-state index is 0.308. The molecule has 19 heavy (non-hydrogen) atoms. The van der Waals surface area contributed by atoms with Crippen LogP contribution in [-0.2, 0) is 4.74 Å². The van der Waals surface area contributed by atoms with Crippen LogP contribution in [0.25, 0.3) is 0 Å². The standard InChI is InChI=1S/C15H22N2OS/c1-12(2)17(13-7-4-3-5-8-13)15(19)16-11-14-9-6-10-18-14/h3-5,7-8,12,14H,6,9-11H2,1-2H3,(H,16,19)/t14-/m1/s1. The van der Waals surface area contributed by atoms with Gasteiger partial charge in [0.25, 0.3) is 0 Å². The Bertz CT molecular complexity index is 402. The fourth-order valence-corrected chi connectivity index (χ4v) is 2.73. The molecule has 0 bridgehead atoms. The molecule has 104 valence electrons. The van der Waals surface area contributed by atoms with Gasteiger partial charge in [0.05, 0.1) is 6.10 Å². The van der Waals surface area contributed by atoms with Crippen LogP contribution in [0, 0.1) is 0 Å². The van der Waals surface area contributed by atoms with E-state index in [1.54, 1.807) is 0 Å². The van der Waals surface area contributed by atoms with E-state index in [0.717, 1.165) is 36.8 Å². The normalized spacial score (nSPS) is 18.6. The van der Waals surface area contributed by atoms with Gasteiger partial charge in [-0.2, -0.15) is 0 Å². The molecule has 0 amide bonds. The van der Waals surface area contributed by atoms with E-state index in [2.05, 4.69) is 36.2 Å². The fraction of sp³-hybridized carbons (Fsp3) is 0.533. The second-order valence-corrected chi connectivity index (χ2v) is 5.51. The zero-order chi connectivity index (χ0) is 13.7. The minimum Gasteiger partial charge on any atom is -0.376 e. The van der Waals surface area contributed by atoms with E-state index in [4.69, 9.17) is 17.0 Å². The van der Waals surface area contributed by atoms with Gasteiger partial charge in [0, 0.05) is 24.9 Å². The molecule has 1 atom stereocenters. The van der Waals surface area contributed by atoms with Crippen LogP contribution in [0.3, 0.4) is 0 Å². The number of rotatable bonds is 4. The largest absolute Gasteiger partial charge is 0.376 e. The Morgan fingerprint density at radius 1 is 1.42 bits per heavy atom. The molecule has 0 unspecified atom stereocenters. The van der Waals surface area contributed by atoms with Crippen LogP contribution in [0.1, 0.15) is 26.7 Å². The van der Waals surface area contributed by atoms with Crippen LogP contribution >= 0.6 is 12.2 Å². The predicted octanol–water partition coefficient (Wildman–Crippen LogP) is 2.95. The van der Waals surface area contributed by atoms with E-state index in [1.807, 2.05) is 18.2 Å². The van der Waals surface area contributed by atoms with Crippen LogP contribution < -0.4 is 10.2 Å². The van der Waals surface area contributed by atoms with Gasteiger partial charge in [-0.15, -0.1) is 0 Å². The molecule has 2 rings (SSSR count). The van der Waals surface area contributed by atoms with Crippen LogP contribution in [-0.4, -0.2) is 30.4 Å². The molecule has 0 spiro atoms. The monoisotopic (exact) mass is 278 g/mol. The van der Waals surface area contributed by atoms with E-state index in [1.165, 1.54) is 0 Å². The van der Waals surface area contributed by atoms with Crippen molar-refractivity contribution in [1.29, 1.82) is 0 Å². The quantitative estimate of drug-likeness (QED) is 0.856. The van der Waals surface area contributed by atoms with E-state index < -0.39 is 0 Å². The number of anilines is 1. The summed E-state index contributed by atoms with van der Waals surface area (Å²) >= 11 is 5.53. The van der Waals surface area contributed by atoms with Crippen molar-refractivity contribution in [3.8, 4) is 0 Å². The second-order valence-electron chi connectivity index (χ2n) is 5.12. The molecule has 1 aliphatic rings. The minimum absolute atomic E-state index is 0.308. The highest BCUT2D eigenvalue weighted by Gasteiger charge is 2.19. The van der Waals surface area contributed by atoms with E-state index in [0.29, 0.717) is 12.1 Å². The molecular formula is C15H22N2OS. The molecule has 1 heterocycles. The molecule has 1 N–H and O–H groups in total. The molecule has 4 heteroatoms. The highest BCUT2D eigenvalue weighted by atomic mass is 32.1. The third kappa shape index (κ3) is 3.91. The molecular weight excluding hydrogens is 256 g/mol. The molecule has 1 fully saturated rings. The average Bonchev–Trinajstić information content (AvgIpc) is 2.90. The first-order valence-electron chi connectivity index (χ1n) is 6.92. The first-order chi connectivity index (χ1) is 9.18. The lowest BCUT2D eigenvalue weighted by molar-refractivity contribution is 0.114. The molecule has 0 saturated carbocycles. The smallest absolute Gasteiger partial charge is 0.173 e. The van der Waals surface area contributed by atoms with Crippen molar-refractivity contribution in [2.24, 2.45) is 0 Å². The van der Waals surface area contributed by atoms with E-state index in [9.17, 15) is 0 Å². The van der Waals surface area contributed by atoms with Crippen molar-refractivity contribution in [2.45, 2.75) is 38.8 Å². The SMILES string of the molecule is CC(C)N(C(=S)NC[C@H]1CCCO1)c1ccccc1. The molecule has 1 aliphatic heterocycles. The summed E-state index contributed by atoms with van der Waals surface area (Å²) in [4.78, 5) is 2.14. The summed E-state index contributed by atoms with van der Waals surface area (Å²) in [5.74, 6) is 0. The molecule has 0 aromatic heterocycles. The summed E-state index contributed by atoms with van der Waals surface area (Å²) in [6.45, 7) is 5.97. The maximum Gasteiger partial charge on any atom is 0.173 e. The molecule has 1 saturated heterocycles. The molecule has 1 aromatic carbocycles.